The molecule has 0 saturated carbocycles. The SMILES string of the molecule is Cc1noc(C)c1CCC(=O)Nc1ccccc1CN1CC(C)OC(C)C1. The van der Waals surface area contributed by atoms with Gasteiger partial charge in [0.15, 0.2) is 0 Å². The summed E-state index contributed by atoms with van der Waals surface area (Å²) in [6.07, 6.45) is 1.49. The molecule has 2 heterocycles. The molecule has 1 aromatic carbocycles. The van der Waals surface area contributed by atoms with Crippen LogP contribution in [-0.4, -0.2) is 41.3 Å². The van der Waals surface area contributed by atoms with Gasteiger partial charge in [-0.25, -0.2) is 0 Å². The summed E-state index contributed by atoms with van der Waals surface area (Å²) in [6, 6.07) is 8.02. The molecule has 6 heteroatoms. The first-order chi connectivity index (χ1) is 12.9. The fourth-order valence-corrected chi connectivity index (χ4v) is 3.74. The number of benzene rings is 1. The molecule has 0 aliphatic carbocycles. The summed E-state index contributed by atoms with van der Waals surface area (Å²) >= 11 is 0. The van der Waals surface area contributed by atoms with Crippen LogP contribution in [0.5, 0.6) is 0 Å². The number of nitrogens with zero attached hydrogens (tertiary/aromatic N) is 2. The average Bonchev–Trinajstić information content (AvgIpc) is 2.92. The Balaban J connectivity index is 1.61. The topological polar surface area (TPSA) is 67.6 Å². The molecule has 0 radical (unpaired) electrons. The van der Waals surface area contributed by atoms with Gasteiger partial charge in [-0.1, -0.05) is 23.4 Å². The maximum absolute atomic E-state index is 12.5. The molecule has 2 atom stereocenters. The molecule has 1 fully saturated rings. The van der Waals surface area contributed by atoms with Gasteiger partial charge in [0.2, 0.25) is 5.91 Å². The fourth-order valence-electron chi connectivity index (χ4n) is 3.74. The molecule has 1 aliphatic heterocycles. The molecule has 27 heavy (non-hydrogen) atoms. The van der Waals surface area contributed by atoms with Crippen molar-refractivity contribution in [2.24, 2.45) is 0 Å². The summed E-state index contributed by atoms with van der Waals surface area (Å²) in [7, 11) is 0. The van der Waals surface area contributed by atoms with Crippen LogP contribution >= 0.6 is 0 Å². The van der Waals surface area contributed by atoms with Crippen molar-refractivity contribution >= 4 is 11.6 Å². The lowest BCUT2D eigenvalue weighted by atomic mass is 10.1. The number of aryl methyl sites for hydroxylation is 2. The number of hydrogen-bond donors (Lipinski definition) is 1. The smallest absolute Gasteiger partial charge is 0.224 e. The van der Waals surface area contributed by atoms with Gasteiger partial charge in [0, 0.05) is 37.3 Å². The van der Waals surface area contributed by atoms with Gasteiger partial charge in [0.25, 0.3) is 0 Å². The standard InChI is InChI=1S/C21H29N3O3/c1-14-11-24(12-15(2)26-14)13-18-7-5-6-8-20(18)22-21(25)10-9-19-16(3)23-27-17(19)4/h5-8,14-15H,9-13H2,1-4H3,(H,22,25). The second-order valence-electron chi connectivity index (χ2n) is 7.46. The maximum Gasteiger partial charge on any atom is 0.224 e. The van der Waals surface area contributed by atoms with Gasteiger partial charge in [-0.15, -0.1) is 0 Å². The van der Waals surface area contributed by atoms with Gasteiger partial charge in [-0.05, 0) is 45.7 Å². The van der Waals surface area contributed by atoms with E-state index in [1.165, 1.54) is 0 Å². The van der Waals surface area contributed by atoms with E-state index in [0.29, 0.717) is 12.8 Å². The quantitative estimate of drug-likeness (QED) is 0.842. The second-order valence-corrected chi connectivity index (χ2v) is 7.46. The molecule has 1 saturated heterocycles. The lowest BCUT2D eigenvalue weighted by Crippen LogP contribution is -2.44. The summed E-state index contributed by atoms with van der Waals surface area (Å²) in [5.74, 6) is 0.794. The minimum Gasteiger partial charge on any atom is -0.373 e. The number of para-hydroxylation sites is 1. The first-order valence-corrected chi connectivity index (χ1v) is 9.59. The van der Waals surface area contributed by atoms with Crippen LogP contribution in [-0.2, 0) is 22.5 Å². The summed E-state index contributed by atoms with van der Waals surface area (Å²) in [5, 5.41) is 7.02. The number of nitrogens with one attached hydrogen (secondary N) is 1. The zero-order valence-corrected chi connectivity index (χ0v) is 16.6. The van der Waals surface area contributed by atoms with Crippen molar-refractivity contribution in [3.63, 3.8) is 0 Å². The van der Waals surface area contributed by atoms with E-state index in [9.17, 15) is 4.79 Å². The first-order valence-electron chi connectivity index (χ1n) is 9.59. The molecule has 3 rings (SSSR count). The Morgan fingerprint density at radius 2 is 1.93 bits per heavy atom. The molecule has 0 bridgehead atoms. The Morgan fingerprint density at radius 3 is 2.59 bits per heavy atom. The third kappa shape index (κ3) is 5.17. The Morgan fingerprint density at radius 1 is 1.22 bits per heavy atom. The molecular weight excluding hydrogens is 342 g/mol. The molecule has 1 N–H and O–H groups in total. The number of rotatable bonds is 6. The van der Waals surface area contributed by atoms with E-state index < -0.39 is 0 Å². The molecule has 2 unspecified atom stereocenters. The van der Waals surface area contributed by atoms with E-state index in [-0.39, 0.29) is 18.1 Å². The average molecular weight is 371 g/mol. The molecule has 2 aromatic rings. The van der Waals surface area contributed by atoms with Crippen molar-refractivity contribution in [3.8, 4) is 0 Å². The van der Waals surface area contributed by atoms with E-state index in [1.54, 1.807) is 0 Å². The van der Waals surface area contributed by atoms with Gasteiger partial charge in [0.1, 0.15) is 5.76 Å². The summed E-state index contributed by atoms with van der Waals surface area (Å²) in [5.41, 5.74) is 3.89. The monoisotopic (exact) mass is 371 g/mol. The van der Waals surface area contributed by atoms with Crippen molar-refractivity contribution in [2.45, 2.75) is 59.3 Å². The minimum atomic E-state index is 0.00571. The highest BCUT2D eigenvalue weighted by atomic mass is 16.5. The number of aromatic nitrogens is 1. The highest BCUT2D eigenvalue weighted by molar-refractivity contribution is 5.91. The molecule has 1 amide bonds. The number of carbonyl (C=O) groups excluding carboxylic acids is 1. The van der Waals surface area contributed by atoms with Crippen LogP contribution in [0.1, 0.15) is 42.8 Å². The van der Waals surface area contributed by atoms with E-state index in [0.717, 1.165) is 47.9 Å². The van der Waals surface area contributed by atoms with Crippen LogP contribution in [0.25, 0.3) is 0 Å². The van der Waals surface area contributed by atoms with Crippen molar-refractivity contribution in [3.05, 3.63) is 46.8 Å². The number of morpholine rings is 1. The predicted octanol–water partition coefficient (Wildman–Crippen LogP) is 3.47. The van der Waals surface area contributed by atoms with Crippen LogP contribution in [0.3, 0.4) is 0 Å². The maximum atomic E-state index is 12.5. The number of ether oxygens (including phenoxy) is 1. The summed E-state index contributed by atoms with van der Waals surface area (Å²) in [4.78, 5) is 14.9. The third-order valence-electron chi connectivity index (χ3n) is 4.96. The van der Waals surface area contributed by atoms with E-state index in [1.807, 2.05) is 32.0 Å². The fraction of sp³-hybridized carbons (Fsp3) is 0.524. The van der Waals surface area contributed by atoms with Gasteiger partial charge in [-0.2, -0.15) is 0 Å². The van der Waals surface area contributed by atoms with E-state index >= 15 is 0 Å². The van der Waals surface area contributed by atoms with Crippen molar-refractivity contribution < 1.29 is 14.1 Å². The van der Waals surface area contributed by atoms with E-state index in [4.69, 9.17) is 9.26 Å². The van der Waals surface area contributed by atoms with Gasteiger partial charge in [-0.3, -0.25) is 9.69 Å². The van der Waals surface area contributed by atoms with Crippen LogP contribution in [0.15, 0.2) is 28.8 Å². The van der Waals surface area contributed by atoms with Gasteiger partial charge in [0.05, 0.1) is 17.9 Å². The van der Waals surface area contributed by atoms with Crippen molar-refractivity contribution in [1.29, 1.82) is 0 Å². The van der Waals surface area contributed by atoms with Crippen molar-refractivity contribution in [1.82, 2.24) is 10.1 Å². The van der Waals surface area contributed by atoms with Crippen LogP contribution in [0.2, 0.25) is 0 Å². The Hall–Kier alpha value is -2.18. The number of amides is 1. The molecule has 1 aromatic heterocycles. The summed E-state index contributed by atoms with van der Waals surface area (Å²) in [6.45, 7) is 10.6. The highest BCUT2D eigenvalue weighted by Gasteiger charge is 2.23. The van der Waals surface area contributed by atoms with Gasteiger partial charge >= 0.3 is 0 Å². The largest absolute Gasteiger partial charge is 0.373 e. The number of hydrogen-bond acceptors (Lipinski definition) is 5. The van der Waals surface area contributed by atoms with Gasteiger partial charge < -0.3 is 14.6 Å². The first kappa shape index (κ1) is 19.6. The molecule has 146 valence electrons. The lowest BCUT2D eigenvalue weighted by Gasteiger charge is -2.35. The molecular formula is C21H29N3O3. The minimum absolute atomic E-state index is 0.00571. The van der Waals surface area contributed by atoms with Crippen LogP contribution in [0, 0.1) is 13.8 Å². The lowest BCUT2D eigenvalue weighted by molar-refractivity contribution is -0.116. The Labute approximate surface area is 160 Å². The second kappa shape index (κ2) is 8.67. The zero-order chi connectivity index (χ0) is 19.4. The Bertz CT molecular complexity index is 757. The van der Waals surface area contributed by atoms with Crippen LogP contribution in [0.4, 0.5) is 5.69 Å². The zero-order valence-electron chi connectivity index (χ0n) is 16.6. The summed E-state index contributed by atoms with van der Waals surface area (Å²) < 4.78 is 11.0. The number of carbonyl (C=O) groups is 1. The number of anilines is 1. The predicted molar refractivity (Wildman–Crippen MR) is 105 cm³/mol. The highest BCUT2D eigenvalue weighted by Crippen LogP contribution is 2.21. The molecule has 0 spiro atoms. The van der Waals surface area contributed by atoms with E-state index in [2.05, 4.69) is 35.3 Å². The third-order valence-corrected chi connectivity index (χ3v) is 4.96. The normalized spacial score (nSPS) is 20.6. The molecule has 6 nitrogen and oxygen atoms in total. The van der Waals surface area contributed by atoms with Crippen LogP contribution < -0.4 is 5.32 Å². The molecule has 1 aliphatic rings. The Kier molecular flexibility index (Phi) is 6.29. The van der Waals surface area contributed by atoms with Crippen molar-refractivity contribution in [2.75, 3.05) is 18.4 Å².